The van der Waals surface area contributed by atoms with Gasteiger partial charge in [-0.2, -0.15) is 0 Å². The van der Waals surface area contributed by atoms with Crippen molar-refractivity contribution in [2.75, 3.05) is 17.4 Å². The number of nitrogens with one attached hydrogen (secondary N) is 2. The van der Waals surface area contributed by atoms with Crippen molar-refractivity contribution in [3.05, 3.63) is 41.4 Å². The molecule has 0 radical (unpaired) electrons. The molecule has 0 saturated heterocycles. The van der Waals surface area contributed by atoms with Crippen LogP contribution >= 0.6 is 0 Å². The first-order chi connectivity index (χ1) is 8.99. The van der Waals surface area contributed by atoms with Gasteiger partial charge in [0.05, 0.1) is 18.0 Å². The smallest absolute Gasteiger partial charge is 0.343 e. The first kappa shape index (κ1) is 14.7. The molecule has 6 nitrogen and oxygen atoms in total. The highest BCUT2D eigenvalue weighted by atomic mass is 19.1. The van der Waals surface area contributed by atoms with E-state index in [1.54, 1.807) is 6.92 Å². The van der Waals surface area contributed by atoms with Gasteiger partial charge in [0.15, 0.2) is 0 Å². The van der Waals surface area contributed by atoms with Gasteiger partial charge in [-0.05, 0) is 25.1 Å². The van der Waals surface area contributed by atoms with Crippen LogP contribution in [0.5, 0.6) is 0 Å². The van der Waals surface area contributed by atoms with Gasteiger partial charge in [-0.1, -0.05) is 6.58 Å². The fourth-order valence-electron chi connectivity index (χ4n) is 1.22. The highest BCUT2D eigenvalue weighted by Gasteiger charge is 2.17. The predicted molar refractivity (Wildman–Crippen MR) is 67.8 cm³/mol. The normalized spacial score (nSPS) is 9.63. The highest BCUT2D eigenvalue weighted by Crippen LogP contribution is 2.22. The zero-order chi connectivity index (χ0) is 14.4. The molecule has 1 rings (SSSR count). The maximum atomic E-state index is 12.9. The molecule has 0 heterocycles. The molecule has 0 atom stereocenters. The fraction of sp³-hybridized carbons (Fsp3) is 0.167. The second-order valence-corrected chi connectivity index (χ2v) is 3.45. The lowest BCUT2D eigenvalue weighted by molar-refractivity contribution is -0.139. The minimum Gasteiger partial charge on any atom is -0.761 e. The number of halogens is 1. The van der Waals surface area contributed by atoms with Gasteiger partial charge >= 0.3 is 5.97 Å². The molecule has 7 heteroatoms. The second kappa shape index (κ2) is 6.50. The summed E-state index contributed by atoms with van der Waals surface area (Å²) in [5.74, 6) is -2.33. The molecule has 0 aliphatic heterocycles. The van der Waals surface area contributed by atoms with Crippen LogP contribution in [0.15, 0.2) is 30.4 Å². The number of amides is 1. The minimum atomic E-state index is -0.862. The third-order valence-corrected chi connectivity index (χ3v) is 2.14. The molecular formula is C12H12FN2O4-. The van der Waals surface area contributed by atoms with Gasteiger partial charge in [-0.15, -0.1) is 0 Å². The van der Waals surface area contributed by atoms with Crippen LogP contribution < -0.4 is 10.8 Å². The maximum Gasteiger partial charge on any atom is 0.343 e. The molecule has 0 aromatic heterocycles. The highest BCUT2D eigenvalue weighted by molar-refractivity contribution is 6.21. The van der Waals surface area contributed by atoms with Crippen LogP contribution in [0.25, 0.3) is 0 Å². The second-order valence-electron chi connectivity index (χ2n) is 3.45. The third-order valence-electron chi connectivity index (χ3n) is 2.14. The maximum absolute atomic E-state index is 12.9. The van der Waals surface area contributed by atoms with E-state index >= 15 is 0 Å². The van der Waals surface area contributed by atoms with Gasteiger partial charge in [0.1, 0.15) is 11.4 Å². The summed E-state index contributed by atoms with van der Waals surface area (Å²) in [6.45, 7) is 4.98. The third kappa shape index (κ3) is 3.78. The fourth-order valence-corrected chi connectivity index (χ4v) is 1.22. The Balaban J connectivity index is 2.82. The standard InChI is InChI=1S/C12H12FN2O4/c1-3-19-12(17)7(2)11(16)14-9-5-4-8(13)6-10(9)15-18/h4-6,15H,2-3H2,1H3,(H,14,16)/q-1. The molecule has 102 valence electrons. The Labute approximate surface area is 108 Å². The Morgan fingerprint density at radius 2 is 2.11 bits per heavy atom. The summed E-state index contributed by atoms with van der Waals surface area (Å²) in [4.78, 5) is 22.9. The summed E-state index contributed by atoms with van der Waals surface area (Å²) in [7, 11) is 0. The quantitative estimate of drug-likeness (QED) is 0.279. The van der Waals surface area contributed by atoms with Crippen LogP contribution in [0.1, 0.15) is 6.92 Å². The summed E-state index contributed by atoms with van der Waals surface area (Å²) in [6, 6.07) is 3.16. The monoisotopic (exact) mass is 267 g/mol. The molecule has 19 heavy (non-hydrogen) atoms. The molecule has 0 spiro atoms. The molecular weight excluding hydrogens is 255 g/mol. The van der Waals surface area contributed by atoms with Crippen LogP contribution in [0, 0.1) is 11.0 Å². The van der Waals surface area contributed by atoms with Crippen molar-refractivity contribution in [1.82, 2.24) is 0 Å². The number of esters is 1. The summed E-state index contributed by atoms with van der Waals surface area (Å²) in [5, 5.41) is 12.9. The largest absolute Gasteiger partial charge is 0.761 e. The van der Waals surface area contributed by atoms with E-state index in [2.05, 4.69) is 16.6 Å². The molecule has 1 aromatic carbocycles. The molecule has 0 fully saturated rings. The number of benzene rings is 1. The van der Waals surface area contributed by atoms with Crippen molar-refractivity contribution >= 4 is 23.3 Å². The van der Waals surface area contributed by atoms with Crippen molar-refractivity contribution in [2.45, 2.75) is 6.92 Å². The van der Waals surface area contributed by atoms with Crippen LogP contribution in [0.2, 0.25) is 0 Å². The Morgan fingerprint density at radius 1 is 1.42 bits per heavy atom. The van der Waals surface area contributed by atoms with Crippen molar-refractivity contribution in [2.24, 2.45) is 0 Å². The average molecular weight is 267 g/mol. The number of carbonyl (C=O) groups excluding carboxylic acids is 2. The van der Waals surface area contributed by atoms with Crippen molar-refractivity contribution in [3.63, 3.8) is 0 Å². The Hall–Kier alpha value is -2.41. The molecule has 0 bridgehead atoms. The average Bonchev–Trinajstić information content (AvgIpc) is 2.39. The number of hydrogen-bond donors (Lipinski definition) is 2. The van der Waals surface area contributed by atoms with E-state index in [9.17, 15) is 19.2 Å². The van der Waals surface area contributed by atoms with Crippen LogP contribution in [0.4, 0.5) is 15.8 Å². The van der Waals surface area contributed by atoms with E-state index in [1.165, 1.54) is 11.5 Å². The topological polar surface area (TPSA) is 90.5 Å². The molecule has 0 unspecified atom stereocenters. The van der Waals surface area contributed by atoms with Gasteiger partial charge in [-0.3, -0.25) is 4.79 Å². The Bertz CT molecular complexity index is 516. The lowest BCUT2D eigenvalue weighted by atomic mass is 10.2. The summed E-state index contributed by atoms with van der Waals surface area (Å²) >= 11 is 0. The van der Waals surface area contributed by atoms with Gasteiger partial charge in [0, 0.05) is 0 Å². The minimum absolute atomic E-state index is 0.0341. The van der Waals surface area contributed by atoms with Gasteiger partial charge in [0.2, 0.25) is 0 Å². The lowest BCUT2D eigenvalue weighted by Crippen LogP contribution is -2.21. The first-order valence-electron chi connectivity index (χ1n) is 5.34. The number of ether oxygens (including phenoxy) is 1. The first-order valence-corrected chi connectivity index (χ1v) is 5.34. The van der Waals surface area contributed by atoms with E-state index in [0.717, 1.165) is 12.1 Å². The van der Waals surface area contributed by atoms with Gasteiger partial charge in [0.25, 0.3) is 5.91 Å². The molecule has 2 N–H and O–H groups in total. The summed E-state index contributed by atoms with van der Waals surface area (Å²) in [6.07, 6.45) is 0. The van der Waals surface area contributed by atoms with Crippen molar-refractivity contribution < 1.29 is 18.7 Å². The number of rotatable bonds is 5. The zero-order valence-electron chi connectivity index (χ0n) is 10.2. The molecule has 0 aliphatic rings. The van der Waals surface area contributed by atoms with E-state index in [-0.39, 0.29) is 18.0 Å². The van der Waals surface area contributed by atoms with Crippen LogP contribution in [-0.4, -0.2) is 18.5 Å². The molecule has 1 amide bonds. The number of anilines is 2. The zero-order valence-corrected chi connectivity index (χ0v) is 10.2. The SMILES string of the molecule is C=C(C(=O)Nc1ccc(F)cc1N[O-])C(=O)OCC. The molecule has 0 saturated carbocycles. The lowest BCUT2D eigenvalue weighted by Gasteiger charge is -2.15. The Morgan fingerprint density at radius 3 is 2.68 bits per heavy atom. The summed E-state index contributed by atoms with van der Waals surface area (Å²) in [5.41, 5.74) is 0.943. The van der Waals surface area contributed by atoms with Gasteiger partial charge < -0.3 is 20.7 Å². The van der Waals surface area contributed by atoms with E-state index < -0.39 is 23.3 Å². The molecule has 1 aromatic rings. The van der Waals surface area contributed by atoms with E-state index in [0.29, 0.717) is 0 Å². The van der Waals surface area contributed by atoms with Crippen LogP contribution in [-0.2, 0) is 14.3 Å². The predicted octanol–water partition coefficient (Wildman–Crippen LogP) is 1.79. The summed E-state index contributed by atoms with van der Waals surface area (Å²) < 4.78 is 17.5. The molecule has 0 aliphatic carbocycles. The van der Waals surface area contributed by atoms with Gasteiger partial charge in [-0.25, -0.2) is 9.18 Å². The van der Waals surface area contributed by atoms with Crippen LogP contribution in [0.3, 0.4) is 0 Å². The number of hydrogen-bond acceptors (Lipinski definition) is 5. The Kier molecular flexibility index (Phi) is 5.01. The van der Waals surface area contributed by atoms with E-state index in [4.69, 9.17) is 0 Å². The van der Waals surface area contributed by atoms with E-state index in [1.807, 2.05) is 0 Å². The van der Waals surface area contributed by atoms with Crippen molar-refractivity contribution in [1.29, 1.82) is 0 Å². The van der Waals surface area contributed by atoms with Crippen molar-refractivity contribution in [3.8, 4) is 0 Å². The number of carbonyl (C=O) groups is 2.